The second-order valence-electron chi connectivity index (χ2n) is 4.46. The third kappa shape index (κ3) is 7.86. The molecule has 0 aliphatic heterocycles. The van der Waals surface area contributed by atoms with Gasteiger partial charge in [-0.3, -0.25) is 0 Å². The molecule has 2 aromatic carbocycles. The van der Waals surface area contributed by atoms with Crippen LogP contribution in [0.1, 0.15) is 0 Å². The normalized spacial score (nSPS) is 13.3. The molecule has 1 atom stereocenters. The van der Waals surface area contributed by atoms with Crippen molar-refractivity contribution < 1.29 is 18.9 Å². The second-order valence-corrected chi connectivity index (χ2v) is 10.8. The van der Waals surface area contributed by atoms with Gasteiger partial charge in [0.1, 0.15) is 18.1 Å². The van der Waals surface area contributed by atoms with Crippen molar-refractivity contribution in [3.05, 3.63) is 60.7 Å². The Morgan fingerprint density at radius 3 is 1.91 bits per heavy atom. The van der Waals surface area contributed by atoms with Gasteiger partial charge in [0, 0.05) is 5.75 Å². The van der Waals surface area contributed by atoms with Gasteiger partial charge in [-0.2, -0.15) is 0 Å². The average Bonchev–Trinajstić information content (AvgIpc) is 2.58. The molecule has 0 aliphatic carbocycles. The fourth-order valence-electron chi connectivity index (χ4n) is 1.70. The van der Waals surface area contributed by atoms with E-state index in [9.17, 15) is 4.89 Å². The Morgan fingerprint density at radius 1 is 0.826 bits per heavy atom. The molecule has 0 radical (unpaired) electrons. The minimum atomic E-state index is -2.85. The maximum Gasteiger partial charge on any atom is 0.244 e. The van der Waals surface area contributed by atoms with Gasteiger partial charge in [-0.25, -0.2) is 0 Å². The Morgan fingerprint density at radius 2 is 1.35 bits per heavy atom. The minimum absolute atomic E-state index is 0.259. The van der Waals surface area contributed by atoms with Crippen LogP contribution < -0.4 is 9.47 Å². The van der Waals surface area contributed by atoms with Gasteiger partial charge < -0.3 is 18.9 Å². The summed E-state index contributed by atoms with van der Waals surface area (Å²) in [5.41, 5.74) is -2.85. The van der Waals surface area contributed by atoms with Crippen LogP contribution in [0.3, 0.4) is 0 Å². The molecule has 1 N–H and O–H groups in total. The van der Waals surface area contributed by atoms with Crippen LogP contribution in [0.4, 0.5) is 0 Å². The summed E-state index contributed by atoms with van der Waals surface area (Å²) in [4.78, 5) is 10.1. The van der Waals surface area contributed by atoms with Gasteiger partial charge in [0.2, 0.25) is 5.69 Å². The lowest BCUT2D eigenvalue weighted by Crippen LogP contribution is -2.05. The molecule has 0 aliphatic rings. The zero-order chi connectivity index (χ0) is 16.4. The van der Waals surface area contributed by atoms with Gasteiger partial charge in [0.05, 0.1) is 13.2 Å². The summed E-state index contributed by atoms with van der Waals surface area (Å²) >= 11 is 6.32. The van der Waals surface area contributed by atoms with E-state index in [-0.39, 0.29) is 6.61 Å². The summed E-state index contributed by atoms with van der Waals surface area (Å²) in [7, 11) is 0. The van der Waals surface area contributed by atoms with Crippen LogP contribution in [0, 0.1) is 0 Å². The van der Waals surface area contributed by atoms with Crippen molar-refractivity contribution in [2.45, 2.75) is 0 Å². The van der Waals surface area contributed by atoms with Crippen LogP contribution in [-0.4, -0.2) is 30.5 Å². The molecule has 0 saturated carbocycles. The Balaban J connectivity index is 1.58. The molecule has 1 unspecified atom stereocenters. The Labute approximate surface area is 145 Å². The first-order valence-corrected chi connectivity index (χ1v) is 11.4. The lowest BCUT2D eigenvalue weighted by atomic mass is 10.3. The summed E-state index contributed by atoms with van der Waals surface area (Å²) in [5.74, 6) is 2.14. The smallest absolute Gasteiger partial charge is 0.244 e. The van der Waals surface area contributed by atoms with E-state index in [1.165, 1.54) is 11.4 Å². The first kappa shape index (κ1) is 18.3. The number of para-hydroxylation sites is 2. The molecule has 0 spiro atoms. The number of benzene rings is 2. The van der Waals surface area contributed by atoms with Crippen molar-refractivity contribution in [1.82, 2.24) is 0 Å². The standard InChI is InChI=1S/C16H19O4PS2/c17-21(22,20-12-11-18-15-7-3-1-4-8-15)23-14-13-19-16-9-5-2-6-10-16/h1-10H,11-14H2,(H,17,22). The molecule has 2 rings (SSSR count). The van der Waals surface area contributed by atoms with Crippen molar-refractivity contribution in [1.29, 1.82) is 0 Å². The Bertz CT molecular complexity index is 558. The summed E-state index contributed by atoms with van der Waals surface area (Å²) in [6.45, 7) is 1.08. The van der Waals surface area contributed by atoms with Crippen LogP contribution in [0.2, 0.25) is 0 Å². The van der Waals surface area contributed by atoms with Crippen LogP contribution in [0.15, 0.2) is 60.7 Å². The van der Waals surface area contributed by atoms with E-state index in [1.807, 2.05) is 60.7 Å². The summed E-state index contributed by atoms with van der Waals surface area (Å²) < 4.78 is 16.4. The van der Waals surface area contributed by atoms with Crippen molar-refractivity contribution in [3.63, 3.8) is 0 Å². The molecule has 2 aromatic rings. The van der Waals surface area contributed by atoms with Crippen LogP contribution in [-0.2, 0) is 16.3 Å². The highest BCUT2D eigenvalue weighted by Crippen LogP contribution is 2.55. The number of hydrogen-bond donors (Lipinski definition) is 1. The lowest BCUT2D eigenvalue weighted by Gasteiger charge is -2.15. The van der Waals surface area contributed by atoms with E-state index in [2.05, 4.69) is 0 Å². The van der Waals surface area contributed by atoms with E-state index in [0.29, 0.717) is 19.0 Å². The number of rotatable bonds is 10. The monoisotopic (exact) mass is 370 g/mol. The molecule has 0 fully saturated rings. The summed E-state index contributed by atoms with van der Waals surface area (Å²) in [5, 5.41) is 0. The molecule has 0 saturated heterocycles. The quantitative estimate of drug-likeness (QED) is 0.502. The zero-order valence-corrected chi connectivity index (χ0v) is 15.1. The summed E-state index contributed by atoms with van der Waals surface area (Å²) in [6.07, 6.45) is 0. The molecule has 0 amide bonds. The van der Waals surface area contributed by atoms with Crippen molar-refractivity contribution >= 4 is 28.9 Å². The topological polar surface area (TPSA) is 47.9 Å². The number of hydrogen-bond acceptors (Lipinski definition) is 5. The fraction of sp³-hybridized carbons (Fsp3) is 0.250. The highest BCUT2D eigenvalue weighted by molar-refractivity contribution is 8.67. The number of ether oxygens (including phenoxy) is 2. The largest absolute Gasteiger partial charge is 0.493 e. The molecular formula is C16H19O4PS2. The van der Waals surface area contributed by atoms with Gasteiger partial charge in [0.15, 0.2) is 0 Å². The van der Waals surface area contributed by atoms with Gasteiger partial charge >= 0.3 is 0 Å². The van der Waals surface area contributed by atoms with E-state index >= 15 is 0 Å². The fourth-order valence-corrected chi connectivity index (χ4v) is 4.72. The highest BCUT2D eigenvalue weighted by atomic mass is 32.9. The molecule has 0 heterocycles. The first-order valence-electron chi connectivity index (χ1n) is 7.13. The van der Waals surface area contributed by atoms with E-state index < -0.39 is 5.69 Å². The van der Waals surface area contributed by atoms with Crippen molar-refractivity contribution in [2.24, 2.45) is 0 Å². The van der Waals surface area contributed by atoms with Crippen molar-refractivity contribution in [2.75, 3.05) is 25.6 Å². The van der Waals surface area contributed by atoms with Crippen LogP contribution in [0.25, 0.3) is 0 Å². The molecule has 7 heteroatoms. The maximum atomic E-state index is 10.1. The lowest BCUT2D eigenvalue weighted by molar-refractivity contribution is 0.220. The summed E-state index contributed by atoms with van der Waals surface area (Å²) in [6, 6.07) is 19.0. The zero-order valence-electron chi connectivity index (χ0n) is 12.5. The van der Waals surface area contributed by atoms with Gasteiger partial charge in [-0.05, 0) is 36.1 Å². The Kier molecular flexibility index (Phi) is 7.92. The predicted octanol–water partition coefficient (Wildman–Crippen LogP) is 4.11. The van der Waals surface area contributed by atoms with Gasteiger partial charge in [0.25, 0.3) is 0 Å². The van der Waals surface area contributed by atoms with Gasteiger partial charge in [-0.15, -0.1) is 0 Å². The predicted molar refractivity (Wildman–Crippen MR) is 98.8 cm³/mol. The average molecular weight is 370 g/mol. The molecule has 4 nitrogen and oxygen atoms in total. The van der Waals surface area contributed by atoms with Crippen molar-refractivity contribution in [3.8, 4) is 11.5 Å². The molecule has 0 aromatic heterocycles. The highest BCUT2D eigenvalue weighted by Gasteiger charge is 2.14. The molecular weight excluding hydrogens is 351 g/mol. The SMILES string of the molecule is OP(=S)(OCCOc1ccccc1)SCCOc1ccccc1. The first-order chi connectivity index (χ1) is 11.2. The molecule has 23 heavy (non-hydrogen) atoms. The van der Waals surface area contributed by atoms with E-state index in [4.69, 9.17) is 25.8 Å². The Hall–Kier alpha value is -1.04. The second kappa shape index (κ2) is 9.96. The third-order valence-corrected chi connectivity index (χ3v) is 6.99. The van der Waals surface area contributed by atoms with Gasteiger partial charge in [-0.1, -0.05) is 47.8 Å². The van der Waals surface area contributed by atoms with Crippen LogP contribution >= 0.6 is 17.1 Å². The van der Waals surface area contributed by atoms with E-state index in [1.54, 1.807) is 0 Å². The van der Waals surface area contributed by atoms with E-state index in [0.717, 1.165) is 11.5 Å². The minimum Gasteiger partial charge on any atom is -0.493 e. The maximum absolute atomic E-state index is 10.1. The molecule has 124 valence electrons. The van der Waals surface area contributed by atoms with Crippen LogP contribution in [0.5, 0.6) is 11.5 Å². The third-order valence-electron chi connectivity index (χ3n) is 2.70. The molecule has 0 bridgehead atoms.